The summed E-state index contributed by atoms with van der Waals surface area (Å²) >= 11 is 0. The molecule has 0 unspecified atom stereocenters. The molecular formula is C29H21FN2O4S. The van der Waals surface area contributed by atoms with Crippen LogP contribution in [0.4, 0.5) is 10.1 Å². The van der Waals surface area contributed by atoms with E-state index in [4.69, 9.17) is 4.18 Å². The third-order valence-corrected chi connectivity index (χ3v) is 9.04. The van der Waals surface area contributed by atoms with E-state index in [-0.39, 0.29) is 0 Å². The van der Waals surface area contributed by atoms with E-state index >= 15 is 0 Å². The Morgan fingerprint density at radius 1 is 0.838 bits per heavy atom. The van der Waals surface area contributed by atoms with Crippen molar-refractivity contribution in [3.05, 3.63) is 96.6 Å². The lowest BCUT2D eigenvalue weighted by Gasteiger charge is -2.46. The highest BCUT2D eigenvalue weighted by atomic mass is 32.2. The molecule has 7 rings (SSSR count). The maximum absolute atomic E-state index is 13.7. The van der Waals surface area contributed by atoms with Crippen molar-refractivity contribution in [2.24, 2.45) is 0 Å². The first kappa shape index (κ1) is 22.3. The van der Waals surface area contributed by atoms with E-state index in [1.54, 1.807) is 0 Å². The maximum Gasteiger partial charge on any atom is 0.271 e. The Balaban J connectivity index is 1.44. The lowest BCUT2D eigenvalue weighted by molar-refractivity contribution is -0.134. The van der Waals surface area contributed by atoms with Crippen molar-refractivity contribution in [3.8, 4) is 0 Å². The molecule has 1 aliphatic heterocycles. The number of rotatable bonds is 5. The van der Waals surface area contributed by atoms with Crippen LogP contribution in [0, 0.1) is 5.82 Å². The van der Waals surface area contributed by atoms with Gasteiger partial charge in [0.25, 0.3) is 16.0 Å². The molecule has 2 fully saturated rings. The van der Waals surface area contributed by atoms with Gasteiger partial charge >= 0.3 is 0 Å². The number of amides is 1. The van der Waals surface area contributed by atoms with Gasteiger partial charge in [-0.25, -0.2) is 4.39 Å². The monoisotopic (exact) mass is 512 g/mol. The van der Waals surface area contributed by atoms with Gasteiger partial charge in [0, 0.05) is 5.39 Å². The highest BCUT2D eigenvalue weighted by Crippen LogP contribution is 2.47. The zero-order chi connectivity index (χ0) is 25.3. The minimum Gasteiger partial charge on any atom is -0.297 e. The molecule has 1 aromatic heterocycles. The minimum absolute atomic E-state index is 0.360. The molecule has 4 aromatic carbocycles. The number of β-lactam (4-membered cyclic amide) rings is 1. The maximum atomic E-state index is 13.7. The van der Waals surface area contributed by atoms with Gasteiger partial charge in [0.15, 0.2) is 6.10 Å². The quantitative estimate of drug-likeness (QED) is 0.173. The van der Waals surface area contributed by atoms with E-state index in [0.29, 0.717) is 24.2 Å². The molecule has 2 heterocycles. The molecule has 0 spiro atoms. The summed E-state index contributed by atoms with van der Waals surface area (Å²) in [5.41, 5.74) is 0.989. The van der Waals surface area contributed by atoms with E-state index in [2.05, 4.69) is 17.1 Å². The fourth-order valence-corrected chi connectivity index (χ4v) is 6.64. The van der Waals surface area contributed by atoms with Gasteiger partial charge in [-0.2, -0.15) is 8.42 Å². The van der Waals surface area contributed by atoms with Crippen LogP contribution in [0.25, 0.3) is 32.3 Å². The summed E-state index contributed by atoms with van der Waals surface area (Å²) in [5, 5.41) is 5.36. The molecule has 2 atom stereocenters. The molecule has 1 aliphatic carbocycles. The Morgan fingerprint density at radius 3 is 2.27 bits per heavy atom. The first-order chi connectivity index (χ1) is 17.9. The molecule has 37 heavy (non-hydrogen) atoms. The molecule has 1 saturated carbocycles. The summed E-state index contributed by atoms with van der Waals surface area (Å²) in [6.45, 7) is 0. The molecule has 1 saturated heterocycles. The van der Waals surface area contributed by atoms with E-state index in [0.717, 1.165) is 38.5 Å². The van der Waals surface area contributed by atoms with Crippen LogP contribution in [0.2, 0.25) is 0 Å². The molecule has 0 radical (unpaired) electrons. The molecule has 184 valence electrons. The SMILES string of the molecule is O=C1[C@H](OS(=O)(=O)C2CC2)[C@@H](c2ccc(F)cn2)N1c1cc2c3ccccc3ccc2c2ccccc12. The second kappa shape index (κ2) is 8.06. The molecule has 1 amide bonds. The van der Waals surface area contributed by atoms with E-state index < -0.39 is 39.2 Å². The highest BCUT2D eigenvalue weighted by molar-refractivity contribution is 7.87. The number of halogens is 1. The topological polar surface area (TPSA) is 76.6 Å². The largest absolute Gasteiger partial charge is 0.297 e. The van der Waals surface area contributed by atoms with Crippen molar-refractivity contribution in [1.29, 1.82) is 0 Å². The summed E-state index contributed by atoms with van der Waals surface area (Å²) < 4.78 is 44.5. The molecule has 0 N–H and O–H groups in total. The zero-order valence-electron chi connectivity index (χ0n) is 19.5. The fraction of sp³-hybridized carbons (Fsp3) is 0.172. The van der Waals surface area contributed by atoms with Crippen molar-refractivity contribution in [1.82, 2.24) is 4.98 Å². The van der Waals surface area contributed by atoms with Gasteiger partial charge in [-0.1, -0.05) is 60.7 Å². The molecule has 5 aromatic rings. The first-order valence-corrected chi connectivity index (χ1v) is 13.6. The van der Waals surface area contributed by atoms with Gasteiger partial charge in [-0.15, -0.1) is 0 Å². The molecular weight excluding hydrogens is 491 g/mol. The smallest absolute Gasteiger partial charge is 0.271 e. The van der Waals surface area contributed by atoms with Crippen molar-refractivity contribution in [2.45, 2.75) is 30.2 Å². The number of aromatic nitrogens is 1. The Kier molecular flexibility index (Phi) is 4.86. The number of fused-ring (bicyclic) bond motifs is 5. The van der Waals surface area contributed by atoms with Gasteiger partial charge in [-0.3, -0.25) is 18.9 Å². The second-order valence-corrected chi connectivity index (χ2v) is 11.4. The van der Waals surface area contributed by atoms with Crippen LogP contribution in [0.1, 0.15) is 24.6 Å². The van der Waals surface area contributed by atoms with Gasteiger partial charge in [0.1, 0.15) is 11.9 Å². The third-order valence-electron chi connectivity index (χ3n) is 7.27. The van der Waals surface area contributed by atoms with Crippen LogP contribution < -0.4 is 4.90 Å². The standard InChI is InChI=1S/C29H21FN2O4S/c30-18-10-14-25(31-16-18)27-28(36-37(34,35)19-11-12-19)29(33)32(27)26-15-24-20-6-2-1-5-17(20)9-13-22(24)21-7-3-4-8-23(21)26/h1-10,13-16,19,27-28H,11-12H2/t27-,28-/m1/s1. The predicted molar refractivity (Wildman–Crippen MR) is 140 cm³/mol. The first-order valence-electron chi connectivity index (χ1n) is 12.1. The second-order valence-electron chi connectivity index (χ2n) is 9.59. The van der Waals surface area contributed by atoms with Crippen molar-refractivity contribution in [2.75, 3.05) is 4.90 Å². The van der Waals surface area contributed by atoms with E-state index in [9.17, 15) is 17.6 Å². The van der Waals surface area contributed by atoms with Crippen LogP contribution in [-0.4, -0.2) is 30.7 Å². The van der Waals surface area contributed by atoms with Gasteiger partial charge in [0.05, 0.1) is 22.8 Å². The molecule has 8 heteroatoms. The Morgan fingerprint density at radius 2 is 1.54 bits per heavy atom. The number of hydrogen-bond donors (Lipinski definition) is 0. The van der Waals surface area contributed by atoms with Crippen LogP contribution in [0.5, 0.6) is 0 Å². The average Bonchev–Trinajstić information content (AvgIpc) is 3.77. The van der Waals surface area contributed by atoms with Crippen LogP contribution >= 0.6 is 0 Å². The normalized spacial score (nSPS) is 20.0. The number of hydrogen-bond acceptors (Lipinski definition) is 5. The summed E-state index contributed by atoms with van der Waals surface area (Å²) in [6, 6.07) is 23.9. The van der Waals surface area contributed by atoms with Crippen molar-refractivity contribution >= 4 is 54.0 Å². The van der Waals surface area contributed by atoms with Gasteiger partial charge in [-0.05, 0) is 58.0 Å². The van der Waals surface area contributed by atoms with Crippen LogP contribution in [0.15, 0.2) is 85.1 Å². The summed E-state index contributed by atoms with van der Waals surface area (Å²) in [7, 11) is -3.89. The molecule has 0 bridgehead atoms. The molecule has 2 aliphatic rings. The number of benzene rings is 4. The number of carbonyl (C=O) groups is 1. The Labute approximate surface area is 212 Å². The number of nitrogens with zero attached hydrogens (tertiary/aromatic N) is 2. The minimum atomic E-state index is -3.89. The van der Waals surface area contributed by atoms with E-state index in [1.165, 1.54) is 17.0 Å². The van der Waals surface area contributed by atoms with Gasteiger partial charge in [0.2, 0.25) is 0 Å². The van der Waals surface area contributed by atoms with E-state index in [1.807, 2.05) is 54.6 Å². The molecule has 6 nitrogen and oxygen atoms in total. The summed E-state index contributed by atoms with van der Waals surface area (Å²) in [6.07, 6.45) is 0.851. The number of carbonyl (C=O) groups excluding carboxylic acids is 1. The van der Waals surface area contributed by atoms with Gasteiger partial charge < -0.3 is 0 Å². The predicted octanol–water partition coefficient (Wildman–Crippen LogP) is 5.65. The number of pyridine rings is 1. The lowest BCUT2D eigenvalue weighted by Crippen LogP contribution is -2.61. The third kappa shape index (κ3) is 3.51. The highest BCUT2D eigenvalue weighted by Gasteiger charge is 2.55. The number of anilines is 1. The van der Waals surface area contributed by atoms with Crippen LogP contribution in [0.3, 0.4) is 0 Å². The van der Waals surface area contributed by atoms with Crippen molar-refractivity contribution < 1.29 is 21.8 Å². The fourth-order valence-electron chi connectivity index (χ4n) is 5.30. The lowest BCUT2D eigenvalue weighted by atomic mass is 9.90. The average molecular weight is 513 g/mol. The Bertz CT molecular complexity index is 1830. The van der Waals surface area contributed by atoms with Crippen molar-refractivity contribution in [3.63, 3.8) is 0 Å². The zero-order valence-corrected chi connectivity index (χ0v) is 20.4. The summed E-state index contributed by atoms with van der Waals surface area (Å²) in [4.78, 5) is 19.3. The summed E-state index contributed by atoms with van der Waals surface area (Å²) in [5.74, 6) is -0.989. The van der Waals surface area contributed by atoms with Crippen LogP contribution in [-0.2, 0) is 19.1 Å². The Hall–Kier alpha value is -3.88.